The lowest BCUT2D eigenvalue weighted by atomic mass is 9.48. The van der Waals surface area contributed by atoms with Gasteiger partial charge >= 0.3 is 0 Å². The molecule has 0 bridgehead atoms. The topological polar surface area (TPSA) is 37.3 Å². The number of hydrogen-bond acceptors (Lipinski definition) is 2. The number of fused-ring (bicyclic) bond motifs is 5. The summed E-state index contributed by atoms with van der Waals surface area (Å²) >= 11 is 0. The van der Waals surface area contributed by atoms with Crippen LogP contribution in [0.3, 0.4) is 0 Å². The molecule has 122 valence electrons. The van der Waals surface area contributed by atoms with Crippen LogP contribution in [-0.4, -0.2) is 16.5 Å². The minimum Gasteiger partial charge on any atom is -0.390 e. The highest BCUT2D eigenvalue weighted by Crippen LogP contribution is 2.65. The van der Waals surface area contributed by atoms with Crippen LogP contribution in [-0.2, 0) is 4.79 Å². The summed E-state index contributed by atoms with van der Waals surface area (Å²) in [6, 6.07) is 0. The summed E-state index contributed by atoms with van der Waals surface area (Å²) in [6.45, 7) is 6.82. The first-order chi connectivity index (χ1) is 10.3. The average Bonchev–Trinajstić information content (AvgIpc) is 2.69. The van der Waals surface area contributed by atoms with Crippen LogP contribution < -0.4 is 0 Å². The Morgan fingerprint density at radius 3 is 2.73 bits per heavy atom. The highest BCUT2D eigenvalue weighted by molar-refractivity contribution is 5.91. The van der Waals surface area contributed by atoms with Gasteiger partial charge in [0.1, 0.15) is 0 Å². The zero-order valence-corrected chi connectivity index (χ0v) is 14.3. The zero-order valence-electron chi connectivity index (χ0n) is 14.3. The summed E-state index contributed by atoms with van der Waals surface area (Å²) in [5.41, 5.74) is 1.08. The summed E-state index contributed by atoms with van der Waals surface area (Å²) in [6.07, 6.45) is 9.51. The predicted octanol–water partition coefficient (Wildman–Crippen LogP) is 4.13. The van der Waals surface area contributed by atoms with Crippen LogP contribution in [0.2, 0.25) is 0 Å². The summed E-state index contributed by atoms with van der Waals surface area (Å²) in [4.78, 5) is 11.8. The third kappa shape index (κ3) is 1.85. The van der Waals surface area contributed by atoms with Crippen LogP contribution in [0.5, 0.6) is 0 Å². The lowest BCUT2D eigenvalue weighted by Gasteiger charge is -2.57. The Morgan fingerprint density at radius 1 is 1.18 bits per heavy atom. The Bertz CT molecular complexity index is 532. The van der Waals surface area contributed by atoms with Crippen LogP contribution in [0.25, 0.3) is 0 Å². The van der Waals surface area contributed by atoms with Crippen molar-refractivity contribution in [2.24, 2.45) is 35.0 Å². The van der Waals surface area contributed by atoms with Crippen molar-refractivity contribution in [1.82, 2.24) is 0 Å². The Balaban J connectivity index is 1.69. The van der Waals surface area contributed by atoms with Gasteiger partial charge in [0.05, 0.1) is 5.60 Å². The monoisotopic (exact) mass is 302 g/mol. The Kier molecular flexibility index (Phi) is 3.18. The highest BCUT2D eigenvalue weighted by Gasteiger charge is 2.61. The van der Waals surface area contributed by atoms with Gasteiger partial charge in [-0.05, 0) is 86.5 Å². The van der Waals surface area contributed by atoms with E-state index in [1.807, 2.05) is 6.08 Å². The molecular formula is C20H30O2. The molecule has 2 nitrogen and oxygen atoms in total. The van der Waals surface area contributed by atoms with Gasteiger partial charge in [0.15, 0.2) is 5.78 Å². The standard InChI is InChI=1S/C20H30O2/c1-12-10-13-11-14(21)4-5-15(13)16-6-8-19(2)17(18(12)16)7-9-20(19,3)22/h11-12,15-18,22H,4-10H2,1-3H3/t12?,15?,16-,17?,18?,19?,20+/m1/s1. The van der Waals surface area contributed by atoms with Crippen molar-refractivity contribution in [3.05, 3.63) is 11.6 Å². The molecule has 7 atom stereocenters. The van der Waals surface area contributed by atoms with Crippen LogP contribution in [0.4, 0.5) is 0 Å². The van der Waals surface area contributed by atoms with Gasteiger partial charge in [0.2, 0.25) is 0 Å². The molecule has 1 N–H and O–H groups in total. The van der Waals surface area contributed by atoms with Gasteiger partial charge in [-0.1, -0.05) is 19.4 Å². The van der Waals surface area contributed by atoms with Crippen molar-refractivity contribution >= 4 is 5.78 Å². The second-order valence-electron chi connectivity index (χ2n) is 9.13. The molecule has 3 saturated carbocycles. The molecule has 0 aromatic rings. The number of carbonyl (C=O) groups excluding carboxylic acids is 1. The molecule has 0 aromatic heterocycles. The first-order valence-electron chi connectivity index (χ1n) is 9.29. The van der Waals surface area contributed by atoms with E-state index in [0.29, 0.717) is 23.5 Å². The maximum atomic E-state index is 11.8. The van der Waals surface area contributed by atoms with Crippen molar-refractivity contribution in [3.63, 3.8) is 0 Å². The van der Waals surface area contributed by atoms with Gasteiger partial charge in [-0.2, -0.15) is 0 Å². The van der Waals surface area contributed by atoms with E-state index in [4.69, 9.17) is 0 Å². The average molecular weight is 302 g/mol. The van der Waals surface area contributed by atoms with Gasteiger partial charge in [0, 0.05) is 6.42 Å². The molecule has 0 aromatic carbocycles. The predicted molar refractivity (Wildman–Crippen MR) is 87.3 cm³/mol. The van der Waals surface area contributed by atoms with E-state index >= 15 is 0 Å². The maximum Gasteiger partial charge on any atom is 0.155 e. The van der Waals surface area contributed by atoms with Gasteiger partial charge in [-0.3, -0.25) is 4.79 Å². The number of aliphatic hydroxyl groups is 1. The lowest BCUT2D eigenvalue weighted by molar-refractivity contribution is -0.121. The van der Waals surface area contributed by atoms with Crippen LogP contribution in [0.1, 0.15) is 65.7 Å². The SMILES string of the molecule is CC1CC2=CC(=O)CCC2[C@H]2CCC3(C)C(CC[C@]3(C)O)C12. The molecule has 5 unspecified atom stereocenters. The molecule has 0 amide bonds. The minimum atomic E-state index is -0.485. The van der Waals surface area contributed by atoms with Crippen LogP contribution in [0.15, 0.2) is 11.6 Å². The van der Waals surface area contributed by atoms with E-state index in [1.165, 1.54) is 18.4 Å². The van der Waals surface area contributed by atoms with E-state index in [-0.39, 0.29) is 5.41 Å². The Labute approximate surface area is 134 Å². The third-order valence-corrected chi connectivity index (χ3v) is 8.20. The summed E-state index contributed by atoms with van der Waals surface area (Å²) in [5.74, 6) is 3.86. The molecule has 22 heavy (non-hydrogen) atoms. The molecule has 4 aliphatic carbocycles. The second-order valence-corrected chi connectivity index (χ2v) is 9.13. The van der Waals surface area contributed by atoms with E-state index in [2.05, 4.69) is 20.8 Å². The van der Waals surface area contributed by atoms with Crippen molar-refractivity contribution in [2.75, 3.05) is 0 Å². The van der Waals surface area contributed by atoms with Crippen molar-refractivity contribution in [1.29, 1.82) is 0 Å². The van der Waals surface area contributed by atoms with E-state index in [9.17, 15) is 9.90 Å². The van der Waals surface area contributed by atoms with Gasteiger partial charge in [-0.25, -0.2) is 0 Å². The summed E-state index contributed by atoms with van der Waals surface area (Å²) in [5, 5.41) is 10.9. The minimum absolute atomic E-state index is 0.105. The number of carbonyl (C=O) groups is 1. The first kappa shape index (κ1) is 14.9. The summed E-state index contributed by atoms with van der Waals surface area (Å²) in [7, 11) is 0. The van der Waals surface area contributed by atoms with Crippen LogP contribution in [0, 0.1) is 35.0 Å². The number of allylic oxidation sites excluding steroid dienone is 1. The molecular weight excluding hydrogens is 272 g/mol. The van der Waals surface area contributed by atoms with Crippen LogP contribution >= 0.6 is 0 Å². The summed E-state index contributed by atoms with van der Waals surface area (Å²) < 4.78 is 0. The number of hydrogen-bond donors (Lipinski definition) is 1. The smallest absolute Gasteiger partial charge is 0.155 e. The van der Waals surface area contributed by atoms with Crippen molar-refractivity contribution < 1.29 is 9.90 Å². The molecule has 4 rings (SSSR count). The highest BCUT2D eigenvalue weighted by atomic mass is 16.3. The quantitative estimate of drug-likeness (QED) is 0.730. The third-order valence-electron chi connectivity index (χ3n) is 8.20. The second kappa shape index (κ2) is 4.69. The fourth-order valence-electron chi connectivity index (χ4n) is 6.83. The fourth-order valence-corrected chi connectivity index (χ4v) is 6.83. The zero-order chi connectivity index (χ0) is 15.7. The molecule has 2 heteroatoms. The molecule has 0 saturated heterocycles. The molecule has 0 heterocycles. The maximum absolute atomic E-state index is 11.8. The molecule has 0 aliphatic heterocycles. The first-order valence-corrected chi connectivity index (χ1v) is 9.29. The largest absolute Gasteiger partial charge is 0.390 e. The molecule has 0 spiro atoms. The molecule has 4 aliphatic rings. The molecule has 0 radical (unpaired) electrons. The van der Waals surface area contributed by atoms with Gasteiger partial charge in [-0.15, -0.1) is 0 Å². The Hall–Kier alpha value is -0.630. The van der Waals surface area contributed by atoms with E-state index < -0.39 is 5.60 Å². The van der Waals surface area contributed by atoms with E-state index in [1.54, 1.807) is 0 Å². The van der Waals surface area contributed by atoms with Gasteiger partial charge in [0.25, 0.3) is 0 Å². The Morgan fingerprint density at radius 2 is 1.95 bits per heavy atom. The van der Waals surface area contributed by atoms with E-state index in [0.717, 1.165) is 43.9 Å². The number of rotatable bonds is 0. The number of ketones is 1. The lowest BCUT2D eigenvalue weighted by Crippen LogP contribution is -2.53. The normalized spacial score (nSPS) is 54.3. The van der Waals surface area contributed by atoms with Gasteiger partial charge < -0.3 is 5.11 Å². The van der Waals surface area contributed by atoms with Crippen molar-refractivity contribution in [2.45, 2.75) is 71.3 Å². The fraction of sp³-hybridized carbons (Fsp3) is 0.850. The molecule has 3 fully saturated rings. The van der Waals surface area contributed by atoms with Crippen molar-refractivity contribution in [3.8, 4) is 0 Å².